The highest BCUT2D eigenvalue weighted by Gasteiger charge is 2.25. The molecule has 3 fully saturated rings. The quantitative estimate of drug-likeness (QED) is 0.560. The number of carbonyl (C=O) groups excluding carboxylic acids is 1. The number of hydrogen-bond acceptors (Lipinski definition) is 9. The fourth-order valence-corrected chi connectivity index (χ4v) is 6.07. The van der Waals surface area contributed by atoms with Crippen LogP contribution in [0.5, 0.6) is 5.75 Å². The second-order valence-electron chi connectivity index (χ2n) is 8.83. The molecule has 3 aliphatic heterocycles. The minimum atomic E-state index is -0.123. The van der Waals surface area contributed by atoms with Gasteiger partial charge in [-0.25, -0.2) is 9.98 Å². The lowest BCUT2D eigenvalue weighted by Crippen LogP contribution is -2.38. The standard InChI is InChI=1S/C25H31N5O3S2/c1-18-15-19(33-14-11-29-9-12-32-13-10-29)5-6-21(18)27-24-28-23(31)22(35-24)16-20-17-26-25(34-20)30-7-3-2-4-8-30/h5-6,15-17H,2-4,7-14H2,1H3,(H,27,28,31)/b22-16-. The summed E-state index contributed by atoms with van der Waals surface area (Å²) >= 11 is 3.00. The van der Waals surface area contributed by atoms with Gasteiger partial charge in [0.2, 0.25) is 0 Å². The number of amidine groups is 1. The summed E-state index contributed by atoms with van der Waals surface area (Å²) in [7, 11) is 0. The Labute approximate surface area is 214 Å². The summed E-state index contributed by atoms with van der Waals surface area (Å²) in [4.78, 5) is 28.1. The second kappa shape index (κ2) is 11.6. The summed E-state index contributed by atoms with van der Waals surface area (Å²) in [5.74, 6) is 0.709. The van der Waals surface area contributed by atoms with Crippen LogP contribution in [0.2, 0.25) is 0 Å². The second-order valence-corrected chi connectivity index (χ2v) is 10.9. The lowest BCUT2D eigenvalue weighted by molar-refractivity contribution is -0.115. The molecule has 1 N–H and O–H groups in total. The van der Waals surface area contributed by atoms with Gasteiger partial charge in [-0.3, -0.25) is 9.69 Å². The first kappa shape index (κ1) is 24.3. The Balaban J connectivity index is 1.18. The number of carbonyl (C=O) groups is 1. The first-order valence-electron chi connectivity index (χ1n) is 12.2. The molecule has 1 aromatic heterocycles. The molecule has 0 unspecified atom stereocenters. The van der Waals surface area contributed by atoms with Crippen LogP contribution in [0.15, 0.2) is 34.3 Å². The van der Waals surface area contributed by atoms with Crippen LogP contribution in [0.4, 0.5) is 10.8 Å². The Kier molecular flexibility index (Phi) is 8.02. The zero-order valence-electron chi connectivity index (χ0n) is 20.0. The Bertz CT molecular complexity index is 1100. The topological polar surface area (TPSA) is 79.3 Å². The van der Waals surface area contributed by atoms with Gasteiger partial charge in [-0.2, -0.15) is 0 Å². The van der Waals surface area contributed by atoms with Crippen molar-refractivity contribution in [3.8, 4) is 5.75 Å². The minimum absolute atomic E-state index is 0.123. The van der Waals surface area contributed by atoms with E-state index in [9.17, 15) is 4.79 Å². The van der Waals surface area contributed by atoms with Crippen molar-refractivity contribution in [2.75, 3.05) is 57.4 Å². The zero-order chi connectivity index (χ0) is 24.0. The highest BCUT2D eigenvalue weighted by atomic mass is 32.2. The van der Waals surface area contributed by atoms with Gasteiger partial charge in [-0.15, -0.1) is 0 Å². The van der Waals surface area contributed by atoms with Gasteiger partial charge in [0.25, 0.3) is 5.91 Å². The van der Waals surface area contributed by atoms with Gasteiger partial charge in [0.05, 0.1) is 28.7 Å². The summed E-state index contributed by atoms with van der Waals surface area (Å²) in [6.45, 7) is 9.18. The van der Waals surface area contributed by atoms with Gasteiger partial charge in [0.15, 0.2) is 10.3 Å². The summed E-state index contributed by atoms with van der Waals surface area (Å²) < 4.78 is 11.3. The van der Waals surface area contributed by atoms with Crippen LogP contribution >= 0.6 is 23.1 Å². The molecule has 0 aliphatic carbocycles. The number of anilines is 1. The van der Waals surface area contributed by atoms with Gasteiger partial charge >= 0.3 is 0 Å². The van der Waals surface area contributed by atoms with Crippen LogP contribution < -0.4 is 15.0 Å². The molecule has 3 aliphatic rings. The van der Waals surface area contributed by atoms with Crippen LogP contribution in [0.25, 0.3) is 6.08 Å². The van der Waals surface area contributed by atoms with Gasteiger partial charge < -0.3 is 19.7 Å². The number of piperidine rings is 1. The lowest BCUT2D eigenvalue weighted by Gasteiger charge is -2.26. The number of nitrogens with zero attached hydrogens (tertiary/aromatic N) is 4. The fraction of sp³-hybridized carbons (Fsp3) is 0.480. The number of hydrogen-bond donors (Lipinski definition) is 1. The van der Waals surface area contributed by atoms with E-state index in [1.807, 2.05) is 37.4 Å². The van der Waals surface area contributed by atoms with Gasteiger partial charge in [-0.05, 0) is 67.8 Å². The molecule has 10 heteroatoms. The predicted molar refractivity (Wildman–Crippen MR) is 143 cm³/mol. The van der Waals surface area contributed by atoms with E-state index in [4.69, 9.17) is 9.47 Å². The Hall–Kier alpha value is -2.40. The molecule has 0 radical (unpaired) electrons. The number of aliphatic imine (C=N–C) groups is 1. The van der Waals surface area contributed by atoms with Crippen molar-refractivity contribution in [1.29, 1.82) is 0 Å². The van der Waals surface area contributed by atoms with Crippen molar-refractivity contribution in [1.82, 2.24) is 15.2 Å². The minimum Gasteiger partial charge on any atom is -0.492 e. The SMILES string of the molecule is Cc1cc(OCCN2CCOCC2)ccc1N=C1NC(=O)/C(=C/c2cnc(N3CCCCC3)s2)S1. The number of thiazole rings is 1. The number of thioether (sulfide) groups is 1. The normalized spacial score (nSPS) is 21.6. The third-order valence-corrected chi connectivity index (χ3v) is 8.15. The van der Waals surface area contributed by atoms with Gasteiger partial charge in [0, 0.05) is 38.9 Å². The first-order chi connectivity index (χ1) is 17.1. The molecule has 0 bridgehead atoms. The average Bonchev–Trinajstić information content (AvgIpc) is 3.48. The van der Waals surface area contributed by atoms with Gasteiger partial charge in [-0.1, -0.05) is 11.3 Å². The molecule has 186 valence electrons. The highest BCUT2D eigenvalue weighted by Crippen LogP contribution is 2.33. The van der Waals surface area contributed by atoms with E-state index in [0.717, 1.165) is 72.9 Å². The Morgan fingerprint density at radius 3 is 2.83 bits per heavy atom. The Morgan fingerprint density at radius 2 is 2.03 bits per heavy atom. The summed E-state index contributed by atoms with van der Waals surface area (Å²) in [5, 5.41) is 4.52. The number of amides is 1. The maximum Gasteiger partial charge on any atom is 0.264 e. The number of morpholine rings is 1. The summed E-state index contributed by atoms with van der Waals surface area (Å²) in [6, 6.07) is 5.87. The van der Waals surface area contributed by atoms with E-state index in [0.29, 0.717) is 16.7 Å². The molecule has 1 aromatic carbocycles. The van der Waals surface area contributed by atoms with Crippen molar-refractivity contribution in [2.45, 2.75) is 26.2 Å². The smallest absolute Gasteiger partial charge is 0.264 e. The van der Waals surface area contributed by atoms with Gasteiger partial charge in [0.1, 0.15) is 12.4 Å². The number of ether oxygens (including phenoxy) is 2. The first-order valence-corrected chi connectivity index (χ1v) is 13.8. The number of aryl methyl sites for hydroxylation is 1. The predicted octanol–water partition coefficient (Wildman–Crippen LogP) is 4.04. The number of nitrogens with one attached hydrogen (secondary N) is 1. The van der Waals surface area contributed by atoms with Crippen LogP contribution in [0, 0.1) is 6.92 Å². The van der Waals surface area contributed by atoms with E-state index in [2.05, 4.69) is 25.1 Å². The summed E-state index contributed by atoms with van der Waals surface area (Å²) in [5.41, 5.74) is 1.82. The highest BCUT2D eigenvalue weighted by molar-refractivity contribution is 8.18. The third kappa shape index (κ3) is 6.43. The molecule has 3 saturated heterocycles. The lowest BCUT2D eigenvalue weighted by atomic mass is 10.1. The molecule has 4 heterocycles. The fourth-order valence-electron chi connectivity index (χ4n) is 4.25. The van der Waals surface area contributed by atoms with Crippen LogP contribution in [0.3, 0.4) is 0 Å². The number of benzene rings is 1. The van der Waals surface area contributed by atoms with Crippen molar-refractivity contribution in [3.63, 3.8) is 0 Å². The van der Waals surface area contributed by atoms with E-state index in [1.54, 1.807) is 11.3 Å². The van der Waals surface area contributed by atoms with E-state index in [-0.39, 0.29) is 5.91 Å². The molecular weight excluding hydrogens is 482 g/mol. The van der Waals surface area contributed by atoms with E-state index in [1.165, 1.54) is 31.0 Å². The molecule has 35 heavy (non-hydrogen) atoms. The molecule has 0 atom stereocenters. The molecular formula is C25H31N5O3S2. The zero-order valence-corrected chi connectivity index (χ0v) is 21.6. The van der Waals surface area contributed by atoms with Crippen LogP contribution in [-0.2, 0) is 9.53 Å². The maximum atomic E-state index is 12.5. The van der Waals surface area contributed by atoms with Crippen LogP contribution in [0.1, 0.15) is 29.7 Å². The largest absolute Gasteiger partial charge is 0.492 e. The molecule has 5 rings (SSSR count). The molecule has 0 saturated carbocycles. The monoisotopic (exact) mass is 513 g/mol. The molecule has 8 nitrogen and oxygen atoms in total. The third-order valence-electron chi connectivity index (χ3n) is 6.23. The van der Waals surface area contributed by atoms with Crippen molar-refractivity contribution < 1.29 is 14.3 Å². The summed E-state index contributed by atoms with van der Waals surface area (Å²) in [6.07, 6.45) is 7.49. The van der Waals surface area contributed by atoms with Crippen LogP contribution in [-0.4, -0.2) is 73.5 Å². The Morgan fingerprint density at radius 1 is 1.20 bits per heavy atom. The number of aromatic nitrogens is 1. The van der Waals surface area contributed by atoms with E-state index < -0.39 is 0 Å². The maximum absolute atomic E-state index is 12.5. The number of rotatable bonds is 7. The van der Waals surface area contributed by atoms with Crippen molar-refractivity contribution in [3.05, 3.63) is 39.7 Å². The van der Waals surface area contributed by atoms with E-state index >= 15 is 0 Å². The van der Waals surface area contributed by atoms with Crippen molar-refractivity contribution in [2.24, 2.45) is 4.99 Å². The molecule has 2 aromatic rings. The van der Waals surface area contributed by atoms with Crippen molar-refractivity contribution >= 4 is 51.1 Å². The molecule has 1 amide bonds. The average molecular weight is 514 g/mol. The molecule has 0 spiro atoms.